The zero-order chi connectivity index (χ0) is 13.7. The SMILES string of the molecule is CCNCc1cccc(Oc2ccc(F)c(Cl)c2)c1. The molecule has 4 heteroatoms. The predicted molar refractivity (Wildman–Crippen MR) is 75.3 cm³/mol. The number of hydrogen-bond acceptors (Lipinski definition) is 2. The van der Waals surface area contributed by atoms with Crippen LogP contribution in [-0.2, 0) is 6.54 Å². The van der Waals surface area contributed by atoms with Gasteiger partial charge in [-0.25, -0.2) is 4.39 Å². The second-order valence-corrected chi connectivity index (χ2v) is 4.51. The lowest BCUT2D eigenvalue weighted by atomic mass is 10.2. The molecule has 0 bridgehead atoms. The van der Waals surface area contributed by atoms with Crippen LogP contribution in [0, 0.1) is 5.82 Å². The average Bonchev–Trinajstić information content (AvgIpc) is 2.41. The molecule has 2 nitrogen and oxygen atoms in total. The van der Waals surface area contributed by atoms with Crippen molar-refractivity contribution in [1.29, 1.82) is 0 Å². The van der Waals surface area contributed by atoms with Gasteiger partial charge in [-0.2, -0.15) is 0 Å². The molecule has 1 N–H and O–H groups in total. The maximum Gasteiger partial charge on any atom is 0.142 e. The lowest BCUT2D eigenvalue weighted by molar-refractivity contribution is 0.479. The summed E-state index contributed by atoms with van der Waals surface area (Å²) in [7, 11) is 0. The summed E-state index contributed by atoms with van der Waals surface area (Å²) >= 11 is 5.71. The quantitative estimate of drug-likeness (QED) is 0.877. The summed E-state index contributed by atoms with van der Waals surface area (Å²) in [4.78, 5) is 0. The molecule has 2 aromatic carbocycles. The first-order valence-electron chi connectivity index (χ1n) is 6.11. The van der Waals surface area contributed by atoms with Gasteiger partial charge in [0.1, 0.15) is 17.3 Å². The molecular formula is C15H15ClFNO. The van der Waals surface area contributed by atoms with Crippen molar-refractivity contribution in [3.63, 3.8) is 0 Å². The molecular weight excluding hydrogens is 265 g/mol. The molecule has 0 spiro atoms. The molecule has 0 aliphatic rings. The van der Waals surface area contributed by atoms with Crippen LogP contribution in [0.5, 0.6) is 11.5 Å². The molecule has 0 amide bonds. The molecule has 19 heavy (non-hydrogen) atoms. The molecule has 0 saturated heterocycles. The first-order valence-corrected chi connectivity index (χ1v) is 6.49. The highest BCUT2D eigenvalue weighted by atomic mass is 35.5. The van der Waals surface area contributed by atoms with E-state index in [1.165, 1.54) is 12.1 Å². The third kappa shape index (κ3) is 3.94. The van der Waals surface area contributed by atoms with Crippen molar-refractivity contribution in [3.05, 3.63) is 58.9 Å². The number of nitrogens with one attached hydrogen (secondary N) is 1. The van der Waals surface area contributed by atoms with Crippen LogP contribution in [0.1, 0.15) is 12.5 Å². The van der Waals surface area contributed by atoms with E-state index in [9.17, 15) is 4.39 Å². The summed E-state index contributed by atoms with van der Waals surface area (Å²) in [5, 5.41) is 3.30. The van der Waals surface area contributed by atoms with Gasteiger partial charge < -0.3 is 10.1 Å². The summed E-state index contributed by atoms with van der Waals surface area (Å²) in [5.41, 5.74) is 1.13. The molecule has 0 aliphatic heterocycles. The van der Waals surface area contributed by atoms with E-state index in [1.54, 1.807) is 6.07 Å². The fraction of sp³-hybridized carbons (Fsp3) is 0.200. The molecule has 0 fully saturated rings. The van der Waals surface area contributed by atoms with Crippen LogP contribution in [0.3, 0.4) is 0 Å². The molecule has 0 radical (unpaired) electrons. The summed E-state index contributed by atoms with van der Waals surface area (Å²) in [6.45, 7) is 3.76. The van der Waals surface area contributed by atoms with Crippen molar-refractivity contribution >= 4 is 11.6 Å². The molecule has 2 rings (SSSR count). The second-order valence-electron chi connectivity index (χ2n) is 4.11. The number of benzene rings is 2. The third-order valence-corrected chi connectivity index (χ3v) is 2.89. The Labute approximate surface area is 117 Å². The van der Waals surface area contributed by atoms with Crippen LogP contribution in [0.25, 0.3) is 0 Å². The van der Waals surface area contributed by atoms with Crippen LogP contribution in [0.2, 0.25) is 5.02 Å². The zero-order valence-corrected chi connectivity index (χ0v) is 11.4. The van der Waals surface area contributed by atoms with Crippen molar-refractivity contribution < 1.29 is 9.13 Å². The first-order chi connectivity index (χ1) is 9.19. The number of rotatable bonds is 5. The molecule has 0 heterocycles. The molecule has 0 aliphatic carbocycles. The molecule has 0 aromatic heterocycles. The van der Waals surface area contributed by atoms with Gasteiger partial charge in [-0.05, 0) is 36.4 Å². The Bertz CT molecular complexity index is 560. The minimum atomic E-state index is -0.449. The summed E-state index contributed by atoms with van der Waals surface area (Å²) in [5.74, 6) is 0.778. The van der Waals surface area contributed by atoms with Gasteiger partial charge in [0.05, 0.1) is 5.02 Å². The van der Waals surface area contributed by atoms with Gasteiger partial charge in [-0.1, -0.05) is 30.7 Å². The van der Waals surface area contributed by atoms with E-state index in [0.717, 1.165) is 18.7 Å². The maximum atomic E-state index is 13.0. The Morgan fingerprint density at radius 2 is 1.95 bits per heavy atom. The Hall–Kier alpha value is -1.58. The van der Waals surface area contributed by atoms with Crippen LogP contribution >= 0.6 is 11.6 Å². The van der Waals surface area contributed by atoms with Gasteiger partial charge in [0, 0.05) is 12.6 Å². The van der Waals surface area contributed by atoms with Crippen molar-refractivity contribution in [3.8, 4) is 11.5 Å². The zero-order valence-electron chi connectivity index (χ0n) is 10.6. The van der Waals surface area contributed by atoms with Crippen LogP contribution in [0.4, 0.5) is 4.39 Å². The van der Waals surface area contributed by atoms with E-state index in [2.05, 4.69) is 12.2 Å². The van der Waals surface area contributed by atoms with Crippen LogP contribution in [-0.4, -0.2) is 6.54 Å². The number of halogens is 2. The molecule has 0 saturated carbocycles. The van der Waals surface area contributed by atoms with Crippen molar-refractivity contribution in [2.75, 3.05) is 6.54 Å². The highest BCUT2D eigenvalue weighted by Crippen LogP contribution is 2.26. The number of ether oxygens (including phenoxy) is 1. The molecule has 0 unspecified atom stereocenters. The normalized spacial score (nSPS) is 10.5. The van der Waals surface area contributed by atoms with E-state index >= 15 is 0 Å². The van der Waals surface area contributed by atoms with Gasteiger partial charge in [0.15, 0.2) is 0 Å². The van der Waals surface area contributed by atoms with Gasteiger partial charge in [0.2, 0.25) is 0 Å². The minimum absolute atomic E-state index is 0.0568. The standard InChI is InChI=1S/C15H15ClFNO/c1-2-18-10-11-4-3-5-12(8-11)19-13-6-7-15(17)14(16)9-13/h3-9,18H,2,10H2,1H3. The minimum Gasteiger partial charge on any atom is -0.457 e. The fourth-order valence-electron chi connectivity index (χ4n) is 1.66. The summed E-state index contributed by atoms with van der Waals surface area (Å²) < 4.78 is 18.7. The van der Waals surface area contributed by atoms with E-state index in [1.807, 2.05) is 24.3 Å². The largest absolute Gasteiger partial charge is 0.457 e. The Morgan fingerprint density at radius 3 is 2.68 bits per heavy atom. The van der Waals surface area contributed by atoms with Crippen molar-refractivity contribution in [2.45, 2.75) is 13.5 Å². The summed E-state index contributed by atoms with van der Waals surface area (Å²) in [6, 6.07) is 12.1. The summed E-state index contributed by atoms with van der Waals surface area (Å²) in [6.07, 6.45) is 0. The highest BCUT2D eigenvalue weighted by Gasteiger charge is 2.03. The monoisotopic (exact) mass is 279 g/mol. The topological polar surface area (TPSA) is 21.3 Å². The number of hydrogen-bond donors (Lipinski definition) is 1. The third-order valence-electron chi connectivity index (χ3n) is 2.60. The average molecular weight is 280 g/mol. The smallest absolute Gasteiger partial charge is 0.142 e. The van der Waals surface area contributed by atoms with E-state index in [0.29, 0.717) is 11.5 Å². The molecule has 2 aromatic rings. The Morgan fingerprint density at radius 1 is 1.16 bits per heavy atom. The van der Waals surface area contributed by atoms with E-state index < -0.39 is 5.82 Å². The second kappa shape index (κ2) is 6.55. The Balaban J connectivity index is 2.11. The van der Waals surface area contributed by atoms with E-state index in [-0.39, 0.29) is 5.02 Å². The maximum absolute atomic E-state index is 13.0. The lowest BCUT2D eigenvalue weighted by Gasteiger charge is -2.08. The highest BCUT2D eigenvalue weighted by molar-refractivity contribution is 6.30. The van der Waals surface area contributed by atoms with Gasteiger partial charge in [-0.3, -0.25) is 0 Å². The van der Waals surface area contributed by atoms with Gasteiger partial charge >= 0.3 is 0 Å². The van der Waals surface area contributed by atoms with Gasteiger partial charge in [0.25, 0.3) is 0 Å². The molecule has 100 valence electrons. The van der Waals surface area contributed by atoms with E-state index in [4.69, 9.17) is 16.3 Å². The van der Waals surface area contributed by atoms with Crippen LogP contribution < -0.4 is 10.1 Å². The van der Waals surface area contributed by atoms with Gasteiger partial charge in [-0.15, -0.1) is 0 Å². The van der Waals surface area contributed by atoms with Crippen molar-refractivity contribution in [2.24, 2.45) is 0 Å². The first kappa shape index (κ1) is 13.8. The Kier molecular flexibility index (Phi) is 4.77. The molecule has 0 atom stereocenters. The van der Waals surface area contributed by atoms with Crippen molar-refractivity contribution in [1.82, 2.24) is 5.32 Å². The lowest BCUT2D eigenvalue weighted by Crippen LogP contribution is -2.11. The van der Waals surface area contributed by atoms with Crippen LogP contribution in [0.15, 0.2) is 42.5 Å². The fourth-order valence-corrected chi connectivity index (χ4v) is 1.84. The predicted octanol–water partition coefficient (Wildman–Crippen LogP) is 4.38.